The first kappa shape index (κ1) is 14.1. The van der Waals surface area contributed by atoms with Crippen molar-refractivity contribution in [1.29, 1.82) is 0 Å². The van der Waals surface area contributed by atoms with Crippen LogP contribution in [0.2, 0.25) is 0 Å². The number of rotatable bonds is 2. The number of hydrogen-bond donors (Lipinski definition) is 0. The fourth-order valence-corrected chi connectivity index (χ4v) is 2.09. The zero-order chi connectivity index (χ0) is 11.1. The molecule has 16 heavy (non-hydrogen) atoms. The molecule has 0 spiro atoms. The van der Waals surface area contributed by atoms with Crippen molar-refractivity contribution in [3.63, 3.8) is 0 Å². The summed E-state index contributed by atoms with van der Waals surface area (Å²) in [5.41, 5.74) is 3.63. The van der Waals surface area contributed by atoms with Crippen LogP contribution in [0.15, 0.2) is 41.6 Å². The molecule has 0 saturated heterocycles. The topological polar surface area (TPSA) is 35.4 Å². The second kappa shape index (κ2) is 5.15. The predicted molar refractivity (Wildman–Crippen MR) is 63.1 cm³/mol. The molecule has 2 rings (SSSR count). The molecule has 0 amide bonds. The van der Waals surface area contributed by atoms with Gasteiger partial charge in [-0.3, -0.25) is 0 Å². The molecule has 78 valence electrons. The van der Waals surface area contributed by atoms with E-state index in [0.29, 0.717) is 5.92 Å². The van der Waals surface area contributed by atoms with Gasteiger partial charge in [-0.1, -0.05) is 50.3 Å². The molecule has 2 nitrogen and oxygen atoms in total. The van der Waals surface area contributed by atoms with Crippen molar-refractivity contribution in [1.82, 2.24) is 0 Å². The van der Waals surface area contributed by atoms with E-state index < -0.39 is 0 Å². The van der Waals surface area contributed by atoms with Gasteiger partial charge in [0, 0.05) is 12.1 Å². The molecule has 1 atom stereocenters. The summed E-state index contributed by atoms with van der Waals surface area (Å²) in [6.07, 6.45) is 1.32. The van der Waals surface area contributed by atoms with Crippen molar-refractivity contribution in [2.75, 3.05) is 0 Å². The third-order valence-electron chi connectivity index (χ3n) is 3.29. The second-order valence-electron chi connectivity index (χ2n) is 4.58. The number of allylic oxidation sites excluding steroid dienone is 1. The van der Waals surface area contributed by atoms with Crippen LogP contribution in [-0.2, 0) is 0 Å². The van der Waals surface area contributed by atoms with E-state index in [0.717, 1.165) is 5.56 Å². The van der Waals surface area contributed by atoms with Gasteiger partial charge in [-0.05, 0) is 16.5 Å². The molecule has 1 saturated carbocycles. The molecule has 0 radical (unpaired) electrons. The molecule has 1 aliphatic rings. The summed E-state index contributed by atoms with van der Waals surface area (Å²) < 4.78 is 0. The van der Waals surface area contributed by atoms with Gasteiger partial charge in [0.05, 0.1) is 0 Å². The third kappa shape index (κ3) is 2.49. The van der Waals surface area contributed by atoms with Crippen LogP contribution in [0.1, 0.15) is 30.9 Å². The Bertz CT molecular complexity index is 420. The Morgan fingerprint density at radius 1 is 1.31 bits per heavy atom. The predicted octanol–water partition coefficient (Wildman–Crippen LogP) is 0.287. The molecule has 0 N–H and O–H groups in total. The van der Waals surface area contributed by atoms with Crippen LogP contribution < -0.4 is 51.4 Å². The fraction of sp³-hybridized carbons (Fsp3) is 0.308. The van der Waals surface area contributed by atoms with E-state index in [1.807, 2.05) is 24.3 Å². The summed E-state index contributed by atoms with van der Waals surface area (Å²) in [6, 6.07) is 7.92. The Labute approximate surface area is 139 Å². The molecule has 0 bridgehead atoms. The van der Waals surface area contributed by atoms with Crippen molar-refractivity contribution in [3.8, 4) is 0 Å². The van der Waals surface area contributed by atoms with Gasteiger partial charge in [-0.15, -0.1) is 0 Å². The average molecular weight is 239 g/mol. The molecule has 0 aliphatic heterocycles. The maximum atomic E-state index is 10.0. The second-order valence-corrected chi connectivity index (χ2v) is 4.58. The molecule has 1 aromatic rings. The van der Waals surface area contributed by atoms with E-state index in [1.165, 1.54) is 17.4 Å². The smallest absolute Gasteiger partial charge is 0.792 e. The number of hydrogen-bond acceptors (Lipinski definition) is 2. The van der Waals surface area contributed by atoms with Crippen LogP contribution in [0, 0.1) is 10.6 Å². The van der Waals surface area contributed by atoms with Crippen molar-refractivity contribution < 1.29 is 51.4 Å². The van der Waals surface area contributed by atoms with Gasteiger partial charge in [0.15, 0.2) is 0 Å². The van der Waals surface area contributed by atoms with Crippen molar-refractivity contribution in [2.45, 2.75) is 19.8 Å². The summed E-state index contributed by atoms with van der Waals surface area (Å²) in [6.45, 7) is 8.46. The SMILES string of the molecule is C=C1C(c2ccc(/C=N\[O-])cc2)C1(C)C.[K+]. The maximum Gasteiger partial charge on any atom is 1.00 e. The van der Waals surface area contributed by atoms with Crippen molar-refractivity contribution in [3.05, 3.63) is 52.8 Å². The minimum Gasteiger partial charge on any atom is -0.792 e. The van der Waals surface area contributed by atoms with Crippen molar-refractivity contribution >= 4 is 6.21 Å². The summed E-state index contributed by atoms with van der Waals surface area (Å²) in [5.74, 6) is 0.468. The van der Waals surface area contributed by atoms with Gasteiger partial charge >= 0.3 is 51.4 Å². The molecule has 0 aromatic heterocycles. The van der Waals surface area contributed by atoms with Gasteiger partial charge in [0.1, 0.15) is 0 Å². The van der Waals surface area contributed by atoms with Crippen LogP contribution in [0.5, 0.6) is 0 Å². The molecule has 1 unspecified atom stereocenters. The first-order valence-electron chi connectivity index (χ1n) is 5.02. The van der Waals surface area contributed by atoms with Crippen LogP contribution in [0.4, 0.5) is 0 Å². The van der Waals surface area contributed by atoms with Gasteiger partial charge in [0.2, 0.25) is 0 Å². The Morgan fingerprint density at radius 3 is 2.19 bits per heavy atom. The average Bonchev–Trinajstić information content (AvgIpc) is 2.69. The molecular formula is C13H14KNO. The van der Waals surface area contributed by atoms with Crippen LogP contribution >= 0.6 is 0 Å². The monoisotopic (exact) mass is 239 g/mol. The Balaban J connectivity index is 0.00000128. The van der Waals surface area contributed by atoms with E-state index in [-0.39, 0.29) is 56.8 Å². The molecule has 3 heteroatoms. The van der Waals surface area contributed by atoms with E-state index in [1.54, 1.807) is 0 Å². The summed E-state index contributed by atoms with van der Waals surface area (Å²) in [5, 5.41) is 12.8. The van der Waals surface area contributed by atoms with Crippen molar-refractivity contribution in [2.24, 2.45) is 10.6 Å². The molecular weight excluding hydrogens is 225 g/mol. The van der Waals surface area contributed by atoms with E-state index >= 15 is 0 Å². The van der Waals surface area contributed by atoms with E-state index in [9.17, 15) is 5.21 Å². The number of benzene rings is 1. The zero-order valence-corrected chi connectivity index (χ0v) is 13.1. The standard InChI is InChI=1S/C13H15NO.K/c1-9-12(13(9,2)3)11-6-4-10(5-7-11)8-14-15;/h4-8,12,15H,1H2,2-3H3;/q;+1/p-1/b14-8-;. The minimum atomic E-state index is 0. The van der Waals surface area contributed by atoms with Gasteiger partial charge in [-0.2, -0.15) is 0 Å². The zero-order valence-electron chi connectivity index (χ0n) is 10.0. The number of nitrogens with zero attached hydrogens (tertiary/aromatic N) is 1. The largest absolute Gasteiger partial charge is 1.00 e. The Kier molecular flexibility index (Phi) is 4.54. The first-order chi connectivity index (χ1) is 7.07. The van der Waals surface area contributed by atoms with E-state index in [4.69, 9.17) is 0 Å². The van der Waals surface area contributed by atoms with Crippen LogP contribution in [0.25, 0.3) is 0 Å². The minimum absolute atomic E-state index is 0. The Morgan fingerprint density at radius 2 is 1.81 bits per heavy atom. The molecule has 0 heterocycles. The van der Waals surface area contributed by atoms with E-state index in [2.05, 4.69) is 25.6 Å². The van der Waals surface area contributed by atoms with Gasteiger partial charge < -0.3 is 10.4 Å². The van der Waals surface area contributed by atoms with Crippen LogP contribution in [-0.4, -0.2) is 6.21 Å². The normalized spacial score (nSPS) is 21.9. The first-order valence-corrected chi connectivity index (χ1v) is 5.02. The Hall–Kier alpha value is 0.0664. The van der Waals surface area contributed by atoms with Gasteiger partial charge in [-0.25, -0.2) is 0 Å². The van der Waals surface area contributed by atoms with Crippen LogP contribution in [0.3, 0.4) is 0 Å². The summed E-state index contributed by atoms with van der Waals surface area (Å²) in [7, 11) is 0. The summed E-state index contributed by atoms with van der Waals surface area (Å²) in [4.78, 5) is 0. The molecule has 1 aliphatic carbocycles. The summed E-state index contributed by atoms with van der Waals surface area (Å²) >= 11 is 0. The third-order valence-corrected chi connectivity index (χ3v) is 3.29. The quantitative estimate of drug-likeness (QED) is 0.316. The maximum absolute atomic E-state index is 10.0. The fourth-order valence-electron chi connectivity index (χ4n) is 2.09. The molecule has 1 aromatic carbocycles. The van der Waals surface area contributed by atoms with Gasteiger partial charge in [0.25, 0.3) is 0 Å². The molecule has 1 fully saturated rings.